The first-order chi connectivity index (χ1) is 12.6. The van der Waals surface area contributed by atoms with Gasteiger partial charge in [0.25, 0.3) is 5.91 Å². The molecule has 0 radical (unpaired) electrons. The Kier molecular flexibility index (Phi) is 4.28. The Morgan fingerprint density at radius 2 is 1.88 bits per heavy atom. The maximum absolute atomic E-state index is 12.6. The Morgan fingerprint density at radius 1 is 1.15 bits per heavy atom. The summed E-state index contributed by atoms with van der Waals surface area (Å²) in [5, 5.41) is 8.19. The van der Waals surface area contributed by atoms with E-state index in [1.54, 1.807) is 24.0 Å². The van der Waals surface area contributed by atoms with Gasteiger partial charge >= 0.3 is 0 Å². The summed E-state index contributed by atoms with van der Waals surface area (Å²) in [6.45, 7) is 3.40. The van der Waals surface area contributed by atoms with E-state index in [1.165, 1.54) is 5.56 Å². The summed E-state index contributed by atoms with van der Waals surface area (Å²) < 4.78 is 7.11. The number of aromatic nitrogens is 4. The fraction of sp³-hybridized carbons (Fsp3) is 0.368. The van der Waals surface area contributed by atoms with Gasteiger partial charge in [-0.3, -0.25) is 9.48 Å². The van der Waals surface area contributed by atoms with Gasteiger partial charge in [-0.05, 0) is 25.8 Å². The molecule has 1 aliphatic rings. The smallest absolute Gasteiger partial charge is 0.272 e. The number of nitrogens with zero attached hydrogens (tertiary/aromatic N) is 5. The lowest BCUT2D eigenvalue weighted by Crippen LogP contribution is -2.38. The Bertz CT molecular complexity index is 904. The fourth-order valence-corrected chi connectivity index (χ4v) is 3.30. The summed E-state index contributed by atoms with van der Waals surface area (Å²) in [5.74, 6) is 1.49. The zero-order valence-corrected chi connectivity index (χ0v) is 14.9. The first kappa shape index (κ1) is 16.5. The molecule has 134 valence electrons. The lowest BCUT2D eigenvalue weighted by molar-refractivity contribution is 0.0693. The van der Waals surface area contributed by atoms with Gasteiger partial charge in [-0.2, -0.15) is 10.1 Å². The van der Waals surface area contributed by atoms with Gasteiger partial charge in [0.15, 0.2) is 0 Å². The van der Waals surface area contributed by atoms with E-state index in [0.717, 1.165) is 18.4 Å². The SMILES string of the molecule is Cc1ccc(-c2noc(C3CCN(C(=O)c4ccnn4C)CC3)n2)cc1. The molecule has 1 aromatic carbocycles. The lowest BCUT2D eigenvalue weighted by atomic mass is 9.96. The number of carbonyl (C=O) groups excluding carboxylic acids is 1. The van der Waals surface area contributed by atoms with Gasteiger partial charge in [0.1, 0.15) is 5.69 Å². The van der Waals surface area contributed by atoms with E-state index in [9.17, 15) is 4.79 Å². The summed E-state index contributed by atoms with van der Waals surface area (Å²) in [7, 11) is 1.78. The molecule has 0 bridgehead atoms. The molecule has 0 spiro atoms. The van der Waals surface area contributed by atoms with Crippen LogP contribution in [-0.2, 0) is 7.05 Å². The van der Waals surface area contributed by atoms with Crippen molar-refractivity contribution in [2.75, 3.05) is 13.1 Å². The number of carbonyl (C=O) groups is 1. The van der Waals surface area contributed by atoms with Crippen molar-refractivity contribution in [3.8, 4) is 11.4 Å². The van der Waals surface area contributed by atoms with Crippen LogP contribution in [0, 0.1) is 6.92 Å². The number of rotatable bonds is 3. The molecule has 1 fully saturated rings. The summed E-state index contributed by atoms with van der Waals surface area (Å²) in [6.07, 6.45) is 3.28. The first-order valence-electron chi connectivity index (χ1n) is 8.80. The highest BCUT2D eigenvalue weighted by Crippen LogP contribution is 2.29. The van der Waals surface area contributed by atoms with E-state index >= 15 is 0 Å². The third kappa shape index (κ3) is 3.12. The fourth-order valence-electron chi connectivity index (χ4n) is 3.30. The number of hydrogen-bond acceptors (Lipinski definition) is 5. The molecule has 26 heavy (non-hydrogen) atoms. The largest absolute Gasteiger partial charge is 0.339 e. The van der Waals surface area contributed by atoms with E-state index < -0.39 is 0 Å². The van der Waals surface area contributed by atoms with Gasteiger partial charge in [-0.15, -0.1) is 0 Å². The molecule has 3 aromatic rings. The van der Waals surface area contributed by atoms with Crippen LogP contribution in [0.25, 0.3) is 11.4 Å². The van der Waals surface area contributed by atoms with Gasteiger partial charge in [0.2, 0.25) is 11.7 Å². The molecule has 1 aliphatic heterocycles. The third-order valence-corrected chi connectivity index (χ3v) is 4.92. The van der Waals surface area contributed by atoms with Crippen molar-refractivity contribution < 1.29 is 9.32 Å². The number of aryl methyl sites for hydroxylation is 2. The summed E-state index contributed by atoms with van der Waals surface area (Å²) in [6, 6.07) is 9.82. The quantitative estimate of drug-likeness (QED) is 0.725. The molecule has 0 saturated carbocycles. The van der Waals surface area contributed by atoms with E-state index in [2.05, 4.69) is 15.2 Å². The summed E-state index contributed by atoms with van der Waals surface area (Å²) in [5.41, 5.74) is 2.76. The second kappa shape index (κ2) is 6.74. The molecule has 7 heteroatoms. The number of likely N-dealkylation sites (tertiary alicyclic amines) is 1. The minimum Gasteiger partial charge on any atom is -0.339 e. The van der Waals surface area contributed by atoms with Crippen LogP contribution in [0.2, 0.25) is 0 Å². The highest BCUT2D eigenvalue weighted by atomic mass is 16.5. The van der Waals surface area contributed by atoms with Crippen LogP contribution in [0.5, 0.6) is 0 Å². The zero-order chi connectivity index (χ0) is 18.1. The number of amides is 1. The molecule has 3 heterocycles. The van der Waals surface area contributed by atoms with Crippen molar-refractivity contribution in [3.63, 3.8) is 0 Å². The van der Waals surface area contributed by atoms with Crippen LogP contribution in [0.15, 0.2) is 41.1 Å². The Labute approximate surface area is 151 Å². The van der Waals surface area contributed by atoms with Crippen molar-refractivity contribution in [1.82, 2.24) is 24.8 Å². The maximum Gasteiger partial charge on any atom is 0.272 e. The standard InChI is InChI=1S/C19H21N5O2/c1-13-3-5-14(6-4-13)17-21-18(26-22-17)15-8-11-24(12-9-15)19(25)16-7-10-20-23(16)2/h3-7,10,15H,8-9,11-12H2,1-2H3. The number of hydrogen-bond donors (Lipinski definition) is 0. The average Bonchev–Trinajstić information content (AvgIpc) is 3.31. The minimum absolute atomic E-state index is 0.0225. The predicted molar refractivity (Wildman–Crippen MR) is 95.6 cm³/mol. The Balaban J connectivity index is 1.41. The van der Waals surface area contributed by atoms with Crippen molar-refractivity contribution in [1.29, 1.82) is 0 Å². The van der Waals surface area contributed by atoms with Gasteiger partial charge in [-0.25, -0.2) is 0 Å². The monoisotopic (exact) mass is 351 g/mol. The molecule has 2 aromatic heterocycles. The van der Waals surface area contributed by atoms with Gasteiger partial charge < -0.3 is 9.42 Å². The summed E-state index contributed by atoms with van der Waals surface area (Å²) >= 11 is 0. The zero-order valence-electron chi connectivity index (χ0n) is 14.9. The van der Waals surface area contributed by atoms with Crippen LogP contribution in [0.4, 0.5) is 0 Å². The van der Waals surface area contributed by atoms with Crippen LogP contribution in [-0.4, -0.2) is 43.8 Å². The van der Waals surface area contributed by atoms with Crippen molar-refractivity contribution in [2.24, 2.45) is 7.05 Å². The van der Waals surface area contributed by atoms with Crippen LogP contribution >= 0.6 is 0 Å². The van der Waals surface area contributed by atoms with Crippen molar-refractivity contribution >= 4 is 5.91 Å². The third-order valence-electron chi connectivity index (χ3n) is 4.92. The average molecular weight is 351 g/mol. The number of piperidine rings is 1. The Morgan fingerprint density at radius 3 is 2.54 bits per heavy atom. The molecule has 7 nitrogen and oxygen atoms in total. The van der Waals surface area contributed by atoms with E-state index in [0.29, 0.717) is 30.5 Å². The first-order valence-corrected chi connectivity index (χ1v) is 8.80. The predicted octanol–water partition coefficient (Wildman–Crippen LogP) is 2.80. The molecule has 1 amide bonds. The van der Waals surface area contributed by atoms with Crippen LogP contribution in [0.3, 0.4) is 0 Å². The molecule has 0 atom stereocenters. The van der Waals surface area contributed by atoms with Gasteiger partial charge in [-0.1, -0.05) is 35.0 Å². The molecule has 0 unspecified atom stereocenters. The lowest BCUT2D eigenvalue weighted by Gasteiger charge is -2.30. The highest BCUT2D eigenvalue weighted by molar-refractivity contribution is 5.92. The van der Waals surface area contributed by atoms with E-state index in [-0.39, 0.29) is 11.8 Å². The van der Waals surface area contributed by atoms with E-state index in [4.69, 9.17) is 4.52 Å². The van der Waals surface area contributed by atoms with Crippen molar-refractivity contribution in [2.45, 2.75) is 25.7 Å². The second-order valence-corrected chi connectivity index (χ2v) is 6.73. The topological polar surface area (TPSA) is 77.0 Å². The molecule has 0 aliphatic carbocycles. The molecule has 0 N–H and O–H groups in total. The van der Waals surface area contributed by atoms with Crippen LogP contribution in [0.1, 0.15) is 40.7 Å². The highest BCUT2D eigenvalue weighted by Gasteiger charge is 2.29. The Hall–Kier alpha value is -2.96. The minimum atomic E-state index is 0.0225. The van der Waals surface area contributed by atoms with E-state index in [1.807, 2.05) is 36.1 Å². The second-order valence-electron chi connectivity index (χ2n) is 6.73. The number of benzene rings is 1. The molecule has 4 rings (SSSR count). The molecular weight excluding hydrogens is 330 g/mol. The normalized spacial score (nSPS) is 15.4. The molecular formula is C19H21N5O2. The van der Waals surface area contributed by atoms with Crippen molar-refractivity contribution in [3.05, 3.63) is 53.7 Å². The maximum atomic E-state index is 12.6. The molecule has 1 saturated heterocycles. The van der Waals surface area contributed by atoms with Gasteiger partial charge in [0, 0.05) is 37.8 Å². The van der Waals surface area contributed by atoms with Gasteiger partial charge in [0.05, 0.1) is 0 Å². The van der Waals surface area contributed by atoms with Crippen LogP contribution < -0.4 is 0 Å². The summed E-state index contributed by atoms with van der Waals surface area (Å²) in [4.78, 5) is 19.0.